The average Bonchev–Trinajstić information content (AvgIpc) is 2.30. The predicted octanol–water partition coefficient (Wildman–Crippen LogP) is -0.859. The van der Waals surface area contributed by atoms with Gasteiger partial charge in [0.15, 0.2) is 0 Å². The van der Waals surface area contributed by atoms with E-state index in [0.29, 0.717) is 13.0 Å². The molecule has 1 N–H and O–H groups in total. The van der Waals surface area contributed by atoms with Gasteiger partial charge < -0.3 is 14.9 Å². The van der Waals surface area contributed by atoms with Crippen LogP contribution in [0.4, 0.5) is 0 Å². The highest BCUT2D eigenvalue weighted by atomic mass is 16.3. The van der Waals surface area contributed by atoms with Crippen molar-refractivity contribution in [2.75, 3.05) is 33.7 Å². The highest BCUT2D eigenvalue weighted by molar-refractivity contribution is 5.82. The van der Waals surface area contributed by atoms with Gasteiger partial charge in [-0.2, -0.15) is 0 Å². The van der Waals surface area contributed by atoms with Crippen molar-refractivity contribution in [2.45, 2.75) is 12.5 Å². The molecule has 0 aliphatic carbocycles. The van der Waals surface area contributed by atoms with Gasteiger partial charge in [-0.1, -0.05) is 0 Å². The predicted molar refractivity (Wildman–Crippen MR) is 45.8 cm³/mol. The largest absolute Gasteiger partial charge is 0.383 e. The second kappa shape index (κ2) is 3.87. The van der Waals surface area contributed by atoms with Gasteiger partial charge in [-0.05, 0) is 20.5 Å². The molecular formula is C8H16N2O2. The van der Waals surface area contributed by atoms with Crippen molar-refractivity contribution < 1.29 is 9.90 Å². The van der Waals surface area contributed by atoms with E-state index >= 15 is 0 Å². The number of hydrogen-bond donors (Lipinski definition) is 1. The molecule has 4 nitrogen and oxygen atoms in total. The van der Waals surface area contributed by atoms with Crippen LogP contribution in [0.25, 0.3) is 0 Å². The van der Waals surface area contributed by atoms with E-state index in [9.17, 15) is 4.79 Å². The third kappa shape index (κ3) is 2.19. The van der Waals surface area contributed by atoms with Crippen LogP contribution in [0.5, 0.6) is 0 Å². The molecule has 1 heterocycles. The maximum atomic E-state index is 11.2. The van der Waals surface area contributed by atoms with Gasteiger partial charge in [0.25, 0.3) is 5.91 Å². The van der Waals surface area contributed by atoms with Gasteiger partial charge in [0, 0.05) is 19.6 Å². The highest BCUT2D eigenvalue weighted by Crippen LogP contribution is 2.09. The number of nitrogens with zero attached hydrogens (tertiary/aromatic N) is 2. The first-order valence-corrected chi connectivity index (χ1v) is 4.23. The molecule has 0 saturated carbocycles. The zero-order chi connectivity index (χ0) is 9.14. The van der Waals surface area contributed by atoms with Crippen LogP contribution in [0, 0.1) is 0 Å². The number of likely N-dealkylation sites (N-methyl/N-ethyl adjacent to an activating group) is 1. The molecule has 0 aromatic rings. The van der Waals surface area contributed by atoms with Crippen LogP contribution in [0.3, 0.4) is 0 Å². The number of carbonyl (C=O) groups is 1. The minimum Gasteiger partial charge on any atom is -0.383 e. The summed E-state index contributed by atoms with van der Waals surface area (Å²) in [7, 11) is 3.94. The molecule has 1 saturated heterocycles. The lowest BCUT2D eigenvalue weighted by Crippen LogP contribution is -2.35. The Hall–Kier alpha value is -0.610. The van der Waals surface area contributed by atoms with Crippen LogP contribution in [0.2, 0.25) is 0 Å². The van der Waals surface area contributed by atoms with Crippen LogP contribution < -0.4 is 0 Å². The lowest BCUT2D eigenvalue weighted by Gasteiger charge is -2.18. The molecule has 4 heteroatoms. The Labute approximate surface area is 72.8 Å². The zero-order valence-electron chi connectivity index (χ0n) is 7.66. The molecule has 1 aliphatic rings. The number of aliphatic hydroxyl groups is 1. The van der Waals surface area contributed by atoms with Crippen molar-refractivity contribution in [2.24, 2.45) is 0 Å². The van der Waals surface area contributed by atoms with Crippen LogP contribution in [-0.4, -0.2) is 60.6 Å². The summed E-state index contributed by atoms with van der Waals surface area (Å²) in [6, 6.07) is 0. The molecule has 1 fully saturated rings. The molecule has 1 amide bonds. The van der Waals surface area contributed by atoms with Crippen LogP contribution in [0.1, 0.15) is 6.42 Å². The molecule has 1 unspecified atom stereocenters. The number of carbonyl (C=O) groups excluding carboxylic acids is 1. The van der Waals surface area contributed by atoms with E-state index in [1.54, 1.807) is 4.90 Å². The standard InChI is InChI=1S/C8H16N2O2/c1-9(2)5-6-10-4-3-7(11)8(10)12/h7,11H,3-6H2,1-2H3. The molecule has 0 radical (unpaired) electrons. The first kappa shape index (κ1) is 9.48. The van der Waals surface area contributed by atoms with Crippen LogP contribution >= 0.6 is 0 Å². The average molecular weight is 172 g/mol. The van der Waals surface area contributed by atoms with Crippen molar-refractivity contribution in [1.82, 2.24) is 9.80 Å². The number of amides is 1. The molecule has 12 heavy (non-hydrogen) atoms. The summed E-state index contributed by atoms with van der Waals surface area (Å²) in [5, 5.41) is 9.13. The first-order chi connectivity index (χ1) is 5.61. The molecule has 0 aromatic carbocycles. The molecule has 70 valence electrons. The molecular weight excluding hydrogens is 156 g/mol. The van der Waals surface area contributed by atoms with E-state index < -0.39 is 6.10 Å². The molecule has 1 atom stereocenters. The van der Waals surface area contributed by atoms with Gasteiger partial charge in [0.05, 0.1) is 0 Å². The first-order valence-electron chi connectivity index (χ1n) is 4.23. The fourth-order valence-electron chi connectivity index (χ4n) is 1.27. The quantitative estimate of drug-likeness (QED) is 0.602. The smallest absolute Gasteiger partial charge is 0.251 e. The SMILES string of the molecule is CN(C)CCN1CCC(O)C1=O. The van der Waals surface area contributed by atoms with Gasteiger partial charge in [-0.25, -0.2) is 0 Å². The van der Waals surface area contributed by atoms with Crippen molar-refractivity contribution in [1.29, 1.82) is 0 Å². The van der Waals surface area contributed by atoms with Gasteiger partial charge in [-0.15, -0.1) is 0 Å². The molecule has 0 bridgehead atoms. The Kier molecular flexibility index (Phi) is 3.05. The van der Waals surface area contributed by atoms with Gasteiger partial charge in [0.2, 0.25) is 0 Å². The van der Waals surface area contributed by atoms with E-state index in [0.717, 1.165) is 13.1 Å². The third-order valence-corrected chi connectivity index (χ3v) is 2.09. The van der Waals surface area contributed by atoms with Gasteiger partial charge in [0.1, 0.15) is 6.10 Å². The maximum Gasteiger partial charge on any atom is 0.251 e. The normalized spacial score (nSPS) is 24.2. The number of rotatable bonds is 3. The summed E-state index contributed by atoms with van der Waals surface area (Å²) < 4.78 is 0. The Bertz CT molecular complexity index is 170. The lowest BCUT2D eigenvalue weighted by atomic mass is 10.3. The van der Waals surface area contributed by atoms with Crippen molar-refractivity contribution in [3.63, 3.8) is 0 Å². The van der Waals surface area contributed by atoms with Gasteiger partial charge >= 0.3 is 0 Å². The summed E-state index contributed by atoms with van der Waals surface area (Å²) in [5.74, 6) is -0.114. The Morgan fingerprint density at radius 3 is 2.75 bits per heavy atom. The lowest BCUT2D eigenvalue weighted by molar-refractivity contribution is -0.134. The topological polar surface area (TPSA) is 43.8 Å². The summed E-state index contributed by atoms with van der Waals surface area (Å²) >= 11 is 0. The van der Waals surface area contributed by atoms with E-state index in [4.69, 9.17) is 5.11 Å². The summed E-state index contributed by atoms with van der Waals surface area (Å²) in [6.45, 7) is 2.29. The Balaban J connectivity index is 2.30. The van der Waals surface area contributed by atoms with E-state index in [1.165, 1.54) is 0 Å². The minimum atomic E-state index is -0.743. The summed E-state index contributed by atoms with van der Waals surface area (Å²) in [6.07, 6.45) is -0.154. The number of aliphatic hydroxyl groups excluding tert-OH is 1. The van der Waals surface area contributed by atoms with E-state index in [-0.39, 0.29) is 5.91 Å². The van der Waals surface area contributed by atoms with Crippen LogP contribution in [0.15, 0.2) is 0 Å². The van der Waals surface area contributed by atoms with Crippen LogP contribution in [-0.2, 0) is 4.79 Å². The fraction of sp³-hybridized carbons (Fsp3) is 0.875. The fourth-order valence-corrected chi connectivity index (χ4v) is 1.27. The second-order valence-corrected chi connectivity index (χ2v) is 3.43. The molecule has 1 aliphatic heterocycles. The third-order valence-electron chi connectivity index (χ3n) is 2.09. The summed E-state index contributed by atoms with van der Waals surface area (Å²) in [4.78, 5) is 14.9. The number of hydrogen-bond acceptors (Lipinski definition) is 3. The van der Waals surface area contributed by atoms with Gasteiger partial charge in [-0.3, -0.25) is 4.79 Å². The molecule has 0 spiro atoms. The summed E-state index contributed by atoms with van der Waals surface area (Å²) in [5.41, 5.74) is 0. The Morgan fingerprint density at radius 2 is 2.33 bits per heavy atom. The van der Waals surface area contributed by atoms with Crippen molar-refractivity contribution in [3.8, 4) is 0 Å². The van der Waals surface area contributed by atoms with Crippen molar-refractivity contribution in [3.05, 3.63) is 0 Å². The second-order valence-electron chi connectivity index (χ2n) is 3.43. The Morgan fingerprint density at radius 1 is 1.67 bits per heavy atom. The van der Waals surface area contributed by atoms with E-state index in [2.05, 4.69) is 0 Å². The number of likely N-dealkylation sites (tertiary alicyclic amines) is 1. The van der Waals surface area contributed by atoms with E-state index in [1.807, 2.05) is 19.0 Å². The highest BCUT2D eigenvalue weighted by Gasteiger charge is 2.28. The maximum absolute atomic E-state index is 11.2. The molecule has 0 aromatic heterocycles. The molecule has 1 rings (SSSR count). The monoisotopic (exact) mass is 172 g/mol. The van der Waals surface area contributed by atoms with Crippen molar-refractivity contribution >= 4 is 5.91 Å². The zero-order valence-corrected chi connectivity index (χ0v) is 7.66. The minimum absolute atomic E-state index is 0.114.